The van der Waals surface area contributed by atoms with Crippen molar-refractivity contribution in [3.05, 3.63) is 28.2 Å². The molecular weight excluding hydrogens is 318 g/mol. The van der Waals surface area contributed by atoms with Gasteiger partial charge in [-0.15, -0.1) is 0 Å². The van der Waals surface area contributed by atoms with Gasteiger partial charge in [0.1, 0.15) is 11.6 Å². The number of benzene rings is 1. The SMILES string of the molecule is CC1CCCN(C(=O)Nc2cc(F)c(Br)cc2F)C1. The Morgan fingerprint density at radius 3 is 2.84 bits per heavy atom. The van der Waals surface area contributed by atoms with Crippen molar-refractivity contribution in [2.24, 2.45) is 5.92 Å². The van der Waals surface area contributed by atoms with Crippen molar-refractivity contribution < 1.29 is 13.6 Å². The van der Waals surface area contributed by atoms with Gasteiger partial charge in [-0.2, -0.15) is 0 Å². The molecule has 1 aromatic rings. The minimum Gasteiger partial charge on any atom is -0.324 e. The number of hydrogen-bond donors (Lipinski definition) is 1. The fourth-order valence-electron chi connectivity index (χ4n) is 2.19. The Bertz CT molecular complexity index is 496. The lowest BCUT2D eigenvalue weighted by atomic mass is 10.0. The van der Waals surface area contributed by atoms with Crippen molar-refractivity contribution in [1.82, 2.24) is 4.90 Å². The lowest BCUT2D eigenvalue weighted by Crippen LogP contribution is -2.41. The second kappa shape index (κ2) is 5.86. The standard InChI is InChI=1S/C13H15BrF2N2O/c1-8-3-2-4-18(7-8)13(19)17-12-6-10(15)9(14)5-11(12)16/h5-6,8H,2-4,7H2,1H3,(H,17,19). The van der Waals surface area contributed by atoms with Gasteiger partial charge in [-0.1, -0.05) is 6.92 Å². The lowest BCUT2D eigenvalue weighted by molar-refractivity contribution is 0.182. The van der Waals surface area contributed by atoms with Gasteiger partial charge in [-0.25, -0.2) is 13.6 Å². The lowest BCUT2D eigenvalue weighted by Gasteiger charge is -2.31. The van der Waals surface area contributed by atoms with Crippen LogP contribution in [0, 0.1) is 17.6 Å². The van der Waals surface area contributed by atoms with E-state index in [9.17, 15) is 13.6 Å². The molecule has 6 heteroatoms. The molecule has 1 fully saturated rings. The molecule has 19 heavy (non-hydrogen) atoms. The Labute approximate surface area is 119 Å². The van der Waals surface area contributed by atoms with E-state index in [-0.39, 0.29) is 16.2 Å². The second-order valence-corrected chi connectivity index (χ2v) is 5.72. The van der Waals surface area contributed by atoms with Gasteiger partial charge in [0.05, 0.1) is 10.2 Å². The van der Waals surface area contributed by atoms with Crippen LogP contribution >= 0.6 is 15.9 Å². The van der Waals surface area contributed by atoms with E-state index in [1.165, 1.54) is 0 Å². The summed E-state index contributed by atoms with van der Waals surface area (Å²) in [5, 5.41) is 2.42. The highest BCUT2D eigenvalue weighted by Crippen LogP contribution is 2.24. The number of halogens is 3. The summed E-state index contributed by atoms with van der Waals surface area (Å²) in [6, 6.07) is 1.60. The first kappa shape index (κ1) is 14.2. The molecule has 104 valence electrons. The number of rotatable bonds is 1. The average molecular weight is 333 g/mol. The maximum Gasteiger partial charge on any atom is 0.321 e. The van der Waals surface area contributed by atoms with Crippen LogP contribution in [0.25, 0.3) is 0 Å². The van der Waals surface area contributed by atoms with Crippen molar-refractivity contribution in [3.8, 4) is 0 Å². The molecular formula is C13H15BrF2N2O. The normalized spacial score (nSPS) is 19.4. The molecule has 1 aliphatic rings. The summed E-state index contributed by atoms with van der Waals surface area (Å²) in [7, 11) is 0. The highest BCUT2D eigenvalue weighted by atomic mass is 79.9. The summed E-state index contributed by atoms with van der Waals surface area (Å²) in [5.74, 6) is -0.832. The van der Waals surface area contributed by atoms with Gasteiger partial charge in [0.15, 0.2) is 0 Å². The summed E-state index contributed by atoms with van der Waals surface area (Å²) >= 11 is 2.89. The van der Waals surface area contributed by atoms with Crippen molar-refractivity contribution in [2.45, 2.75) is 19.8 Å². The van der Waals surface area contributed by atoms with Crippen LogP contribution in [-0.2, 0) is 0 Å². The molecule has 1 heterocycles. The van der Waals surface area contributed by atoms with Crippen LogP contribution in [0.15, 0.2) is 16.6 Å². The van der Waals surface area contributed by atoms with Crippen molar-refractivity contribution >= 4 is 27.6 Å². The quantitative estimate of drug-likeness (QED) is 0.775. The highest BCUT2D eigenvalue weighted by molar-refractivity contribution is 9.10. The molecule has 1 unspecified atom stereocenters. The van der Waals surface area contributed by atoms with Crippen LogP contribution in [0.5, 0.6) is 0 Å². The maximum absolute atomic E-state index is 13.6. The topological polar surface area (TPSA) is 32.3 Å². The highest BCUT2D eigenvalue weighted by Gasteiger charge is 2.22. The van der Waals surface area contributed by atoms with Gasteiger partial charge in [0.25, 0.3) is 0 Å². The molecule has 0 radical (unpaired) electrons. The fourth-order valence-corrected chi connectivity index (χ4v) is 2.50. The van der Waals surface area contributed by atoms with E-state index in [1.807, 2.05) is 0 Å². The number of amides is 2. The molecule has 0 bridgehead atoms. The van der Waals surface area contributed by atoms with Crippen LogP contribution in [0.2, 0.25) is 0 Å². The fraction of sp³-hybridized carbons (Fsp3) is 0.462. The van der Waals surface area contributed by atoms with Gasteiger partial charge >= 0.3 is 6.03 Å². The molecule has 3 nitrogen and oxygen atoms in total. The summed E-state index contributed by atoms with van der Waals surface area (Å²) < 4.78 is 27.0. The van der Waals surface area contributed by atoms with Crippen LogP contribution in [-0.4, -0.2) is 24.0 Å². The summed E-state index contributed by atoms with van der Waals surface area (Å²) in [5.41, 5.74) is -0.135. The summed E-state index contributed by atoms with van der Waals surface area (Å²) in [6.45, 7) is 3.36. The molecule has 0 aliphatic carbocycles. The molecule has 0 saturated carbocycles. The van der Waals surface area contributed by atoms with Crippen LogP contribution in [0.1, 0.15) is 19.8 Å². The smallest absolute Gasteiger partial charge is 0.321 e. The van der Waals surface area contributed by atoms with E-state index in [4.69, 9.17) is 0 Å². The average Bonchev–Trinajstić information content (AvgIpc) is 2.36. The Morgan fingerprint density at radius 1 is 1.42 bits per heavy atom. The number of nitrogens with zero attached hydrogens (tertiary/aromatic N) is 1. The van der Waals surface area contributed by atoms with Crippen molar-refractivity contribution in [2.75, 3.05) is 18.4 Å². The first-order chi connectivity index (χ1) is 8.97. The number of anilines is 1. The Balaban J connectivity index is 2.08. The Hall–Kier alpha value is -1.17. The van der Waals surface area contributed by atoms with Gasteiger partial charge in [-0.05, 0) is 40.8 Å². The van der Waals surface area contributed by atoms with E-state index in [2.05, 4.69) is 28.2 Å². The Morgan fingerprint density at radius 2 is 2.16 bits per heavy atom. The van der Waals surface area contributed by atoms with E-state index < -0.39 is 11.6 Å². The number of carbonyl (C=O) groups is 1. The van der Waals surface area contributed by atoms with Crippen LogP contribution < -0.4 is 5.32 Å². The molecule has 1 N–H and O–H groups in total. The molecule has 1 aromatic carbocycles. The van der Waals surface area contributed by atoms with E-state index in [1.54, 1.807) is 4.90 Å². The third-order valence-electron chi connectivity index (χ3n) is 3.20. The zero-order chi connectivity index (χ0) is 14.0. The number of nitrogens with one attached hydrogen (secondary N) is 1. The second-order valence-electron chi connectivity index (χ2n) is 4.87. The summed E-state index contributed by atoms with van der Waals surface area (Å²) in [6.07, 6.45) is 2.02. The van der Waals surface area contributed by atoms with E-state index in [0.717, 1.165) is 25.0 Å². The molecule has 0 spiro atoms. The van der Waals surface area contributed by atoms with Gasteiger partial charge < -0.3 is 10.2 Å². The maximum atomic E-state index is 13.6. The first-order valence-corrected chi connectivity index (χ1v) is 6.97. The largest absolute Gasteiger partial charge is 0.324 e. The number of hydrogen-bond acceptors (Lipinski definition) is 1. The van der Waals surface area contributed by atoms with E-state index in [0.29, 0.717) is 19.0 Å². The number of likely N-dealkylation sites (tertiary alicyclic amines) is 1. The molecule has 0 aromatic heterocycles. The first-order valence-electron chi connectivity index (χ1n) is 6.18. The molecule has 1 saturated heterocycles. The minimum atomic E-state index is -0.660. The monoisotopic (exact) mass is 332 g/mol. The van der Waals surface area contributed by atoms with Gasteiger partial charge in [0.2, 0.25) is 0 Å². The number of piperidine rings is 1. The molecule has 2 rings (SSSR count). The molecule has 1 atom stereocenters. The molecule has 2 amide bonds. The van der Waals surface area contributed by atoms with Crippen LogP contribution in [0.3, 0.4) is 0 Å². The predicted molar refractivity (Wildman–Crippen MR) is 73.0 cm³/mol. The number of carbonyl (C=O) groups excluding carboxylic acids is 1. The van der Waals surface area contributed by atoms with Crippen LogP contribution in [0.4, 0.5) is 19.3 Å². The van der Waals surface area contributed by atoms with Crippen molar-refractivity contribution in [3.63, 3.8) is 0 Å². The third kappa shape index (κ3) is 3.43. The predicted octanol–water partition coefficient (Wildman–Crippen LogP) is 3.99. The van der Waals surface area contributed by atoms with Gasteiger partial charge in [-0.3, -0.25) is 0 Å². The Kier molecular flexibility index (Phi) is 4.39. The molecule has 1 aliphatic heterocycles. The van der Waals surface area contributed by atoms with E-state index >= 15 is 0 Å². The minimum absolute atomic E-state index is 0.0367. The summed E-state index contributed by atoms with van der Waals surface area (Å²) in [4.78, 5) is 13.6. The number of urea groups is 1. The zero-order valence-electron chi connectivity index (χ0n) is 10.5. The van der Waals surface area contributed by atoms with Gasteiger partial charge in [0, 0.05) is 19.2 Å². The zero-order valence-corrected chi connectivity index (χ0v) is 12.1. The van der Waals surface area contributed by atoms with Crippen molar-refractivity contribution in [1.29, 1.82) is 0 Å². The third-order valence-corrected chi connectivity index (χ3v) is 3.80.